The maximum Gasteiger partial charge on any atom is 0.0707 e. The van der Waals surface area contributed by atoms with Crippen molar-refractivity contribution in [2.45, 2.75) is 5.41 Å². The summed E-state index contributed by atoms with van der Waals surface area (Å²) >= 11 is 0. The molecule has 0 radical (unpaired) electrons. The van der Waals surface area contributed by atoms with E-state index in [0.29, 0.717) is 0 Å². The van der Waals surface area contributed by atoms with Crippen LogP contribution < -0.4 is 0 Å². The van der Waals surface area contributed by atoms with E-state index in [4.69, 9.17) is 0 Å². The molecule has 4 aromatic rings. The molecular weight excluding hydrogens is 324 g/mol. The van der Waals surface area contributed by atoms with Crippen LogP contribution in [-0.2, 0) is 5.41 Å². The lowest BCUT2D eigenvalue weighted by Crippen LogP contribution is -2.31. The van der Waals surface area contributed by atoms with Crippen molar-refractivity contribution in [1.82, 2.24) is 0 Å². The molecule has 4 rings (SSSR count). The Kier molecular flexibility index (Phi) is 4.72. The van der Waals surface area contributed by atoms with E-state index in [9.17, 15) is 0 Å². The Bertz CT molecular complexity index is 918. The number of rotatable bonds is 5. The molecule has 0 heterocycles. The first-order valence-electron chi connectivity index (χ1n) is 9.26. The zero-order valence-corrected chi connectivity index (χ0v) is 15.3. The molecule has 0 N–H and O–H groups in total. The minimum atomic E-state index is -0.408. The minimum absolute atomic E-state index is 0.408. The van der Waals surface area contributed by atoms with Crippen LogP contribution >= 0.6 is 0 Å². The Morgan fingerprint density at radius 3 is 1.26 bits per heavy atom. The van der Waals surface area contributed by atoms with Gasteiger partial charge in [0.25, 0.3) is 0 Å². The molecule has 0 bridgehead atoms. The van der Waals surface area contributed by atoms with Crippen LogP contribution in [0.3, 0.4) is 0 Å². The number of hydrogen-bond acceptors (Lipinski definition) is 0. The highest BCUT2D eigenvalue weighted by Gasteiger charge is 2.39. The predicted octanol–water partition coefficient (Wildman–Crippen LogP) is 6.71. The summed E-state index contributed by atoms with van der Waals surface area (Å²) < 4.78 is 0. The Morgan fingerprint density at radius 1 is 0.481 bits per heavy atom. The molecule has 0 saturated heterocycles. The van der Waals surface area contributed by atoms with E-state index in [1.165, 1.54) is 22.3 Å². The molecule has 0 fully saturated rings. The lowest BCUT2D eigenvalue weighted by atomic mass is 9.64. The van der Waals surface area contributed by atoms with Crippen LogP contribution in [0.25, 0.3) is 6.08 Å². The van der Waals surface area contributed by atoms with Gasteiger partial charge in [-0.05, 0) is 27.8 Å². The smallest absolute Gasteiger partial charge is 0.0707 e. The molecule has 27 heavy (non-hydrogen) atoms. The fourth-order valence-corrected chi connectivity index (χ4v) is 4.05. The van der Waals surface area contributed by atoms with Gasteiger partial charge in [0.1, 0.15) is 0 Å². The molecule has 130 valence electrons. The van der Waals surface area contributed by atoms with Crippen LogP contribution in [0.1, 0.15) is 27.8 Å². The first-order valence-corrected chi connectivity index (χ1v) is 9.26. The molecule has 0 saturated carbocycles. The summed E-state index contributed by atoms with van der Waals surface area (Å²) in [7, 11) is 0. The lowest BCUT2D eigenvalue weighted by molar-refractivity contribution is 0.743. The third kappa shape index (κ3) is 2.90. The quantitative estimate of drug-likeness (QED) is 0.352. The van der Waals surface area contributed by atoms with Gasteiger partial charge in [0.15, 0.2) is 0 Å². The molecule has 0 spiro atoms. The highest BCUT2D eigenvalue weighted by molar-refractivity contribution is 5.66. The Balaban J connectivity index is 2.18. The fraction of sp³-hybridized carbons (Fsp3) is 0.0370. The second-order valence-electron chi connectivity index (χ2n) is 6.64. The first kappa shape index (κ1) is 17.1. The van der Waals surface area contributed by atoms with E-state index in [-0.39, 0.29) is 0 Å². The summed E-state index contributed by atoms with van der Waals surface area (Å²) in [4.78, 5) is 0. The van der Waals surface area contributed by atoms with Crippen molar-refractivity contribution in [3.63, 3.8) is 0 Å². The number of hydrogen-bond donors (Lipinski definition) is 0. The maximum absolute atomic E-state index is 4.09. The molecule has 4 aromatic carbocycles. The molecule has 0 aliphatic rings. The van der Waals surface area contributed by atoms with Gasteiger partial charge in [-0.1, -0.05) is 128 Å². The van der Waals surface area contributed by atoms with Gasteiger partial charge < -0.3 is 0 Å². The molecule has 0 unspecified atom stereocenters. The van der Waals surface area contributed by atoms with Crippen LogP contribution in [0.15, 0.2) is 122 Å². The van der Waals surface area contributed by atoms with Gasteiger partial charge in [-0.15, -0.1) is 0 Å². The first-order chi connectivity index (χ1) is 13.4. The Morgan fingerprint density at radius 2 is 0.852 bits per heavy atom. The molecule has 0 aliphatic carbocycles. The van der Waals surface area contributed by atoms with Crippen LogP contribution in [0.5, 0.6) is 0 Å². The van der Waals surface area contributed by atoms with E-state index < -0.39 is 5.41 Å². The molecule has 0 atom stereocenters. The zero-order chi connectivity index (χ0) is 18.5. The summed E-state index contributed by atoms with van der Waals surface area (Å²) in [5.74, 6) is 0. The predicted molar refractivity (Wildman–Crippen MR) is 115 cm³/mol. The molecular formula is C27H22. The standard InChI is InChI=1S/C27H22/c1-2-22-14-12-13-21-26(22)27(23-15-6-3-7-16-23,24-17-8-4-9-18-24)25-19-10-5-11-20-25/h2-21H,1H2. The second kappa shape index (κ2) is 7.47. The molecule has 0 heteroatoms. The van der Waals surface area contributed by atoms with E-state index in [0.717, 1.165) is 5.56 Å². The van der Waals surface area contributed by atoms with Crippen molar-refractivity contribution in [2.24, 2.45) is 0 Å². The fourth-order valence-electron chi connectivity index (χ4n) is 4.05. The van der Waals surface area contributed by atoms with Gasteiger partial charge in [-0.25, -0.2) is 0 Å². The SMILES string of the molecule is C=Cc1ccccc1C(c1ccccc1)(c1ccccc1)c1ccccc1. The maximum atomic E-state index is 4.09. The van der Waals surface area contributed by atoms with Crippen LogP contribution in [-0.4, -0.2) is 0 Å². The van der Waals surface area contributed by atoms with Gasteiger partial charge in [0.2, 0.25) is 0 Å². The second-order valence-corrected chi connectivity index (χ2v) is 6.64. The molecule has 0 aliphatic heterocycles. The van der Waals surface area contributed by atoms with E-state index in [1.54, 1.807) is 0 Å². The van der Waals surface area contributed by atoms with Gasteiger partial charge in [-0.2, -0.15) is 0 Å². The van der Waals surface area contributed by atoms with Crippen molar-refractivity contribution in [3.05, 3.63) is 150 Å². The monoisotopic (exact) mass is 346 g/mol. The van der Waals surface area contributed by atoms with Crippen molar-refractivity contribution < 1.29 is 0 Å². The molecule has 0 amide bonds. The normalized spacial score (nSPS) is 11.1. The summed E-state index contributed by atoms with van der Waals surface area (Å²) in [6, 6.07) is 40.8. The average molecular weight is 346 g/mol. The van der Waals surface area contributed by atoms with Gasteiger partial charge in [0.05, 0.1) is 5.41 Å². The van der Waals surface area contributed by atoms with Gasteiger partial charge in [0, 0.05) is 0 Å². The summed E-state index contributed by atoms with van der Waals surface area (Å²) in [6.07, 6.45) is 1.96. The summed E-state index contributed by atoms with van der Waals surface area (Å²) in [5.41, 5.74) is 5.72. The highest BCUT2D eigenvalue weighted by atomic mass is 14.4. The minimum Gasteiger partial charge on any atom is -0.0985 e. The van der Waals surface area contributed by atoms with Crippen molar-refractivity contribution in [2.75, 3.05) is 0 Å². The van der Waals surface area contributed by atoms with E-state index in [2.05, 4.69) is 122 Å². The highest BCUT2D eigenvalue weighted by Crippen LogP contribution is 2.46. The third-order valence-corrected chi connectivity index (χ3v) is 5.21. The third-order valence-electron chi connectivity index (χ3n) is 5.21. The number of benzene rings is 4. The summed E-state index contributed by atoms with van der Waals surface area (Å²) in [5, 5.41) is 0. The van der Waals surface area contributed by atoms with E-state index >= 15 is 0 Å². The van der Waals surface area contributed by atoms with Crippen molar-refractivity contribution in [1.29, 1.82) is 0 Å². The van der Waals surface area contributed by atoms with E-state index in [1.807, 2.05) is 6.08 Å². The van der Waals surface area contributed by atoms with Gasteiger partial charge in [-0.3, -0.25) is 0 Å². The molecule has 0 aromatic heterocycles. The van der Waals surface area contributed by atoms with Crippen LogP contribution in [0.4, 0.5) is 0 Å². The van der Waals surface area contributed by atoms with Crippen LogP contribution in [0, 0.1) is 0 Å². The Hall–Kier alpha value is -3.38. The zero-order valence-electron chi connectivity index (χ0n) is 15.3. The Labute approximate surface area is 161 Å². The average Bonchev–Trinajstić information content (AvgIpc) is 2.77. The van der Waals surface area contributed by atoms with Crippen molar-refractivity contribution in [3.8, 4) is 0 Å². The van der Waals surface area contributed by atoms with Gasteiger partial charge >= 0.3 is 0 Å². The van der Waals surface area contributed by atoms with Crippen molar-refractivity contribution >= 4 is 6.08 Å². The lowest BCUT2D eigenvalue weighted by Gasteiger charge is -2.37. The largest absolute Gasteiger partial charge is 0.0985 e. The summed E-state index contributed by atoms with van der Waals surface area (Å²) in [6.45, 7) is 4.09. The topological polar surface area (TPSA) is 0 Å². The molecule has 0 nitrogen and oxygen atoms in total. The van der Waals surface area contributed by atoms with Crippen LogP contribution in [0.2, 0.25) is 0 Å².